The van der Waals surface area contributed by atoms with Crippen molar-refractivity contribution in [2.24, 2.45) is 5.73 Å². The number of rotatable bonds is 43. The van der Waals surface area contributed by atoms with Crippen LogP contribution in [0.4, 0.5) is 4.79 Å². The van der Waals surface area contributed by atoms with Crippen LogP contribution in [0.15, 0.2) is 54.6 Å². The molecular weight excluding hydrogens is 1680 g/mol. The van der Waals surface area contributed by atoms with E-state index in [-0.39, 0.29) is 142 Å². The van der Waals surface area contributed by atoms with Crippen LogP contribution in [0.5, 0.6) is 11.8 Å². The summed E-state index contributed by atoms with van der Waals surface area (Å²) in [5, 5.41) is 25.6. The van der Waals surface area contributed by atoms with Crippen molar-refractivity contribution >= 4 is 110 Å². The maximum atomic E-state index is 12.4. The number of aliphatic hydroxyl groups is 1. The largest absolute Gasteiger partial charge is 0.465 e. The number of aromatic nitrogens is 6. The van der Waals surface area contributed by atoms with E-state index in [2.05, 4.69) is 59.6 Å². The van der Waals surface area contributed by atoms with Crippen LogP contribution in [-0.4, -0.2) is 171 Å². The molecule has 6 rings (SSSR count). The number of benzene rings is 3. The van der Waals surface area contributed by atoms with Crippen molar-refractivity contribution in [3.8, 4) is 47.3 Å². The van der Waals surface area contributed by atoms with E-state index in [0.717, 1.165) is 56.2 Å². The van der Waals surface area contributed by atoms with Gasteiger partial charge >= 0.3 is 40.8 Å². The summed E-state index contributed by atoms with van der Waals surface area (Å²) in [6.45, 7) is 30.6. The lowest BCUT2D eigenvalue weighted by Crippen LogP contribution is -2.18. The van der Waals surface area contributed by atoms with Crippen molar-refractivity contribution in [2.45, 2.75) is 161 Å². The second-order valence-corrected chi connectivity index (χ2v) is 33.6. The van der Waals surface area contributed by atoms with E-state index in [9.17, 15) is 28.1 Å². The van der Waals surface area contributed by atoms with E-state index in [1.165, 1.54) is 4.68 Å². The number of ether oxygens (including phenoxy) is 8. The first kappa shape index (κ1) is 103. The zero-order valence-electron chi connectivity index (χ0n) is 67.9. The fraction of sp³-hybridized carbons (Fsp3) is 0.538. The molecule has 0 aliphatic carbocycles. The van der Waals surface area contributed by atoms with Crippen molar-refractivity contribution in [3.63, 3.8) is 0 Å². The van der Waals surface area contributed by atoms with Crippen LogP contribution < -0.4 is 15.2 Å². The fourth-order valence-electron chi connectivity index (χ4n) is 10.6. The summed E-state index contributed by atoms with van der Waals surface area (Å²) in [6.07, 6.45) is 0.188. The molecule has 3 aromatic carbocycles. The molecule has 0 aliphatic rings. The Morgan fingerprint density at radius 3 is 1.04 bits per heavy atom. The number of primary amides is 1. The van der Waals surface area contributed by atoms with E-state index in [1.807, 2.05) is 71.0 Å². The molecule has 3 heterocycles. The Kier molecular flexibility index (Phi) is 49.7. The predicted molar refractivity (Wildman–Crippen MR) is 447 cm³/mol. The van der Waals surface area contributed by atoms with Gasteiger partial charge in [0.2, 0.25) is 11.8 Å². The van der Waals surface area contributed by atoms with Gasteiger partial charge in [0.15, 0.2) is 13.2 Å². The minimum absolute atomic E-state index is 0.00724. The Bertz CT molecular complexity index is 4280. The van der Waals surface area contributed by atoms with E-state index in [1.54, 1.807) is 83.0 Å². The number of aliphatic hydroxyl groups excluding tert-OH is 1. The van der Waals surface area contributed by atoms with E-state index >= 15 is 0 Å². The highest BCUT2D eigenvalue weighted by Crippen LogP contribution is 2.49. The standard InChI is InChI=1S/C26H35Cl2N2O7P.C25H34Cl2N3O7P.C18H22Cl2N2O2.C9H17O5P/c1-6-34-24(31)17-30-26(35-12-10-9-11-33-18-38(32,36-7-2)37-8-3)23(25(29-30)19(4)5)15-20-13-21(27)16-22(28)14-20;1-5-36-38(32,37-6-2)17-33-10-7-8-11-34-24-22(15-19-13-20(26)16-21(27)14-19)23(18(3)4)29-30(24)9-12-35-25(28)31;1-5-24-17(23)10-22-12(4)16(18(21-22)11(2)3)8-13-6-14(19)9-15(20)7-13;1-3-13-15(11,14-4-2)9-12-8-6-5-7-10/h13-14,16,19H,6-8,11-12,15,17-18H2,1-5H3;13-14,16,18H,5-6,9-12,15,17H2,1-4H3,(H2,28,31);6-7,9,11H,5,8,10H2,1-4H3;10H,3-4,7-9H2,1-2H3. The first-order chi connectivity index (χ1) is 54.7. The van der Waals surface area contributed by atoms with Gasteiger partial charge in [0.1, 0.15) is 65.2 Å². The van der Waals surface area contributed by atoms with Gasteiger partial charge in [-0.15, -0.1) is 0 Å². The molecule has 3 N–H and O–H groups in total. The number of hydrogen-bond acceptors (Lipinski definition) is 24. The molecule has 0 saturated carbocycles. The molecule has 0 saturated heterocycles. The normalized spacial score (nSPS) is 11.2. The van der Waals surface area contributed by atoms with Gasteiger partial charge in [-0.25, -0.2) is 14.2 Å². The SMILES string of the molecule is CCOC(=O)Cn1nc(C(C)C)c(Cc2cc(Cl)cc(Cl)c2)c1C.CCOC(=O)Cn1nc(C(C)C)c(Cc2cc(Cl)cc(Cl)c2)c1OCC#CCOCP(=O)(OCC)OCC.CCOP(=O)(COCC#CCO)OCC.CCOP(=O)(COCC#CCOc1c(Cc2cc(Cl)cc(Cl)c2)c(C(C)C)nn1CCOC(N)=O)OCC. The van der Waals surface area contributed by atoms with E-state index in [4.69, 9.17) is 151 Å². The molecule has 0 spiro atoms. The molecule has 0 fully saturated rings. The molecule has 638 valence electrons. The molecule has 0 bridgehead atoms. The highest BCUT2D eigenvalue weighted by Gasteiger charge is 2.29. The van der Waals surface area contributed by atoms with Gasteiger partial charge in [0.25, 0.3) is 0 Å². The van der Waals surface area contributed by atoms with E-state index < -0.39 is 34.8 Å². The van der Waals surface area contributed by atoms with Crippen LogP contribution in [0.25, 0.3) is 0 Å². The zero-order valence-corrected chi connectivity index (χ0v) is 75.1. The quantitative estimate of drug-likeness (QED) is 0.0118. The molecule has 6 aromatic rings. The third-order valence-corrected chi connectivity index (χ3v) is 21.6. The zero-order chi connectivity index (χ0) is 85.7. The summed E-state index contributed by atoms with van der Waals surface area (Å²) < 4.78 is 115. The summed E-state index contributed by atoms with van der Waals surface area (Å²) in [5.74, 6) is 16.9. The second-order valence-electron chi connectivity index (χ2n) is 25.0. The maximum Gasteiger partial charge on any atom is 0.404 e. The summed E-state index contributed by atoms with van der Waals surface area (Å²) in [7, 11) is -9.72. The molecule has 3 aromatic heterocycles. The number of amides is 1. The molecule has 0 aliphatic heterocycles. The van der Waals surface area contributed by atoms with Crippen LogP contribution in [-0.2, 0) is 118 Å². The Labute approximate surface area is 706 Å². The Morgan fingerprint density at radius 2 is 0.722 bits per heavy atom. The summed E-state index contributed by atoms with van der Waals surface area (Å²) in [6, 6.07) is 16.2. The number of carbonyl (C=O) groups excluding carboxylic acids is 3. The minimum atomic E-state index is -3.30. The number of nitrogens with zero attached hydrogens (tertiary/aromatic N) is 6. The van der Waals surface area contributed by atoms with Crippen molar-refractivity contribution in [2.75, 3.05) is 118 Å². The molecule has 0 radical (unpaired) electrons. The number of halogens is 6. The van der Waals surface area contributed by atoms with Gasteiger partial charge in [-0.05, 0) is 151 Å². The molecule has 1 amide bonds. The Morgan fingerprint density at radius 1 is 0.426 bits per heavy atom. The predicted octanol–water partition coefficient (Wildman–Crippen LogP) is 17.7. The fourth-order valence-corrected chi connectivity index (χ4v) is 16.3. The van der Waals surface area contributed by atoms with Crippen LogP contribution in [0.1, 0.15) is 171 Å². The van der Waals surface area contributed by atoms with Gasteiger partial charge < -0.3 is 75.9 Å². The average molecular weight is 1790 g/mol. The minimum Gasteiger partial charge on any atom is -0.465 e. The molecule has 0 unspecified atom stereocenters. The third-order valence-electron chi connectivity index (χ3n) is 14.9. The number of nitrogens with two attached hydrogens (primary N) is 1. The first-order valence-corrected chi connectivity index (χ1v) is 44.6. The summed E-state index contributed by atoms with van der Waals surface area (Å²) in [4.78, 5) is 35.1. The van der Waals surface area contributed by atoms with Gasteiger partial charge in [0.05, 0.1) is 76.5 Å². The van der Waals surface area contributed by atoms with Gasteiger partial charge in [-0.2, -0.15) is 15.3 Å². The van der Waals surface area contributed by atoms with Gasteiger partial charge in [-0.1, -0.05) is 147 Å². The number of hydrogen-bond donors (Lipinski definition) is 2. The molecule has 28 nitrogen and oxygen atoms in total. The van der Waals surface area contributed by atoms with Crippen LogP contribution in [0, 0.1) is 42.4 Å². The number of esters is 2. The second kappa shape index (κ2) is 55.5. The van der Waals surface area contributed by atoms with Crippen molar-refractivity contribution in [1.29, 1.82) is 0 Å². The molecule has 115 heavy (non-hydrogen) atoms. The van der Waals surface area contributed by atoms with Gasteiger partial charge in [-0.3, -0.25) is 28.0 Å². The van der Waals surface area contributed by atoms with E-state index in [0.29, 0.717) is 81.0 Å². The monoisotopic (exact) mass is 1780 g/mol. The lowest BCUT2D eigenvalue weighted by Gasteiger charge is -2.15. The Hall–Kier alpha value is -6.19. The lowest BCUT2D eigenvalue weighted by molar-refractivity contribution is -0.145. The van der Waals surface area contributed by atoms with Gasteiger partial charge in [0, 0.05) is 71.8 Å². The molecule has 0 atom stereocenters. The third kappa shape index (κ3) is 39.1. The smallest absolute Gasteiger partial charge is 0.404 e. The van der Waals surface area contributed by atoms with Crippen LogP contribution in [0.3, 0.4) is 0 Å². The highest BCUT2D eigenvalue weighted by molar-refractivity contribution is 7.54. The first-order valence-electron chi connectivity index (χ1n) is 37.1. The van der Waals surface area contributed by atoms with Crippen molar-refractivity contribution in [3.05, 3.63) is 141 Å². The molecular formula is C78H108Cl6N7O21P3. The van der Waals surface area contributed by atoms with Crippen LogP contribution in [0.2, 0.25) is 30.1 Å². The average Bonchev–Trinajstić information content (AvgIpc) is 1.61. The summed E-state index contributed by atoms with van der Waals surface area (Å²) >= 11 is 37.0. The van der Waals surface area contributed by atoms with Crippen LogP contribution >= 0.6 is 92.4 Å². The lowest BCUT2D eigenvalue weighted by atomic mass is 9.98. The van der Waals surface area contributed by atoms with Crippen molar-refractivity contribution in [1.82, 2.24) is 29.3 Å². The summed E-state index contributed by atoms with van der Waals surface area (Å²) in [5.41, 5.74) is 14.1. The molecule has 37 heteroatoms. The van der Waals surface area contributed by atoms with Crippen molar-refractivity contribution < 1.29 is 98.2 Å². The topological polar surface area (TPSA) is 331 Å². The maximum absolute atomic E-state index is 12.4. The number of carbonyl (C=O) groups is 3. The highest BCUT2D eigenvalue weighted by atomic mass is 35.5. The Balaban J connectivity index is 0.000000418.